The molecule has 0 aliphatic heterocycles. The van der Waals surface area contributed by atoms with Gasteiger partial charge < -0.3 is 9.64 Å². The number of hydrogen-bond acceptors (Lipinski definition) is 5. The van der Waals surface area contributed by atoms with Crippen molar-refractivity contribution in [2.75, 3.05) is 13.7 Å². The number of likely N-dealkylation sites (N-methyl/N-ethyl adjacent to an activating group) is 1. The zero-order valence-electron chi connectivity index (χ0n) is 13.3. The number of hydrogen-bond donors (Lipinski definition) is 0. The van der Waals surface area contributed by atoms with E-state index in [4.69, 9.17) is 16.3 Å². The van der Waals surface area contributed by atoms with Gasteiger partial charge in [-0.2, -0.15) is 5.26 Å². The maximum Gasteiger partial charge on any atom is 0.312 e. The van der Waals surface area contributed by atoms with Crippen LogP contribution < -0.4 is 4.74 Å². The van der Waals surface area contributed by atoms with E-state index in [9.17, 15) is 20.2 Å². The molecule has 1 fully saturated rings. The number of ether oxygens (including phenoxy) is 1. The molecular weight excluding hydrogens is 334 g/mol. The maximum atomic E-state index is 12.4. The molecular formula is C16H18ClN3O4. The molecule has 0 spiro atoms. The molecule has 1 amide bonds. The van der Waals surface area contributed by atoms with E-state index >= 15 is 0 Å². The highest BCUT2D eigenvalue weighted by molar-refractivity contribution is 6.30. The van der Waals surface area contributed by atoms with Crippen LogP contribution in [0.25, 0.3) is 0 Å². The van der Waals surface area contributed by atoms with Crippen LogP contribution in [0.1, 0.15) is 32.1 Å². The second-order valence-corrected chi connectivity index (χ2v) is 6.25. The van der Waals surface area contributed by atoms with Crippen molar-refractivity contribution in [3.8, 4) is 11.8 Å². The predicted octanol–water partition coefficient (Wildman–Crippen LogP) is 3.31. The highest BCUT2D eigenvalue weighted by Crippen LogP contribution is 2.33. The van der Waals surface area contributed by atoms with Gasteiger partial charge in [-0.1, -0.05) is 30.9 Å². The Labute approximate surface area is 144 Å². The van der Waals surface area contributed by atoms with Crippen LogP contribution in [0.15, 0.2) is 18.2 Å². The van der Waals surface area contributed by atoms with Crippen LogP contribution in [0.2, 0.25) is 5.02 Å². The van der Waals surface area contributed by atoms with Crippen LogP contribution in [0.5, 0.6) is 5.75 Å². The van der Waals surface area contributed by atoms with Crippen molar-refractivity contribution in [2.24, 2.45) is 0 Å². The van der Waals surface area contributed by atoms with Gasteiger partial charge in [-0.25, -0.2) is 0 Å². The molecule has 0 saturated heterocycles. The van der Waals surface area contributed by atoms with Gasteiger partial charge in [-0.05, 0) is 25.0 Å². The Kier molecular flexibility index (Phi) is 5.62. The summed E-state index contributed by atoms with van der Waals surface area (Å²) in [5, 5.41) is 20.7. The number of carbonyl (C=O) groups is 1. The standard InChI is InChI=1S/C16H18ClN3O4/c1-19(16(11-18)7-3-2-4-8-16)15(21)10-24-14-6-5-12(17)9-13(14)20(22)23/h5-6,9H,2-4,7-8,10H2,1H3. The van der Waals surface area contributed by atoms with Gasteiger partial charge in [-0.15, -0.1) is 0 Å². The van der Waals surface area contributed by atoms with E-state index in [1.54, 1.807) is 7.05 Å². The summed E-state index contributed by atoms with van der Waals surface area (Å²) in [6, 6.07) is 6.24. The average Bonchev–Trinajstić information content (AvgIpc) is 2.60. The van der Waals surface area contributed by atoms with Gasteiger partial charge >= 0.3 is 5.69 Å². The number of nitro groups is 1. The van der Waals surface area contributed by atoms with Crippen molar-refractivity contribution in [1.29, 1.82) is 5.26 Å². The van der Waals surface area contributed by atoms with E-state index in [-0.39, 0.29) is 29.0 Å². The molecule has 0 atom stereocenters. The van der Waals surface area contributed by atoms with Crippen LogP contribution in [-0.2, 0) is 4.79 Å². The Hall–Kier alpha value is -2.33. The predicted molar refractivity (Wildman–Crippen MR) is 87.8 cm³/mol. The fraction of sp³-hybridized carbons (Fsp3) is 0.500. The van der Waals surface area contributed by atoms with Gasteiger partial charge in [0.25, 0.3) is 5.91 Å². The Balaban J connectivity index is 2.08. The number of halogens is 1. The first-order chi connectivity index (χ1) is 11.4. The SMILES string of the molecule is CN(C(=O)COc1ccc(Cl)cc1[N+](=O)[O-])C1(C#N)CCCCC1. The maximum absolute atomic E-state index is 12.4. The molecule has 0 N–H and O–H groups in total. The van der Waals surface area contributed by atoms with Crippen LogP contribution in [-0.4, -0.2) is 34.9 Å². The molecule has 0 radical (unpaired) electrons. The summed E-state index contributed by atoms with van der Waals surface area (Å²) >= 11 is 5.74. The zero-order valence-corrected chi connectivity index (χ0v) is 14.1. The lowest BCUT2D eigenvalue weighted by Gasteiger charge is -2.38. The summed E-state index contributed by atoms with van der Waals surface area (Å²) in [4.78, 5) is 24.2. The van der Waals surface area contributed by atoms with Gasteiger partial charge in [0.2, 0.25) is 0 Å². The molecule has 0 aromatic heterocycles. The number of nitriles is 1. The number of nitrogens with zero attached hydrogens (tertiary/aromatic N) is 3. The second-order valence-electron chi connectivity index (χ2n) is 5.81. The molecule has 1 aliphatic rings. The third-order valence-electron chi connectivity index (χ3n) is 4.37. The lowest BCUT2D eigenvalue weighted by molar-refractivity contribution is -0.385. The first kappa shape index (κ1) is 18.0. The normalized spacial score (nSPS) is 16.0. The first-order valence-electron chi connectivity index (χ1n) is 7.64. The monoisotopic (exact) mass is 351 g/mol. The molecule has 24 heavy (non-hydrogen) atoms. The van der Waals surface area contributed by atoms with E-state index in [0.29, 0.717) is 12.8 Å². The van der Waals surface area contributed by atoms with Gasteiger partial charge in [0.15, 0.2) is 12.4 Å². The number of benzene rings is 1. The quantitative estimate of drug-likeness (QED) is 0.598. The number of amides is 1. The Morgan fingerprint density at radius 1 is 1.46 bits per heavy atom. The minimum Gasteiger partial charge on any atom is -0.477 e. The van der Waals surface area contributed by atoms with E-state index < -0.39 is 10.5 Å². The van der Waals surface area contributed by atoms with Gasteiger partial charge in [0.05, 0.1) is 11.0 Å². The number of rotatable bonds is 5. The number of carbonyl (C=O) groups excluding carboxylic acids is 1. The number of nitro benzene ring substituents is 1. The molecule has 0 heterocycles. The van der Waals surface area contributed by atoms with Gasteiger partial charge in [0.1, 0.15) is 5.54 Å². The Morgan fingerprint density at radius 2 is 2.12 bits per heavy atom. The lowest BCUT2D eigenvalue weighted by atomic mass is 9.81. The van der Waals surface area contributed by atoms with Gasteiger partial charge in [-0.3, -0.25) is 14.9 Å². The second kappa shape index (κ2) is 7.49. The van der Waals surface area contributed by atoms with E-state index in [1.165, 1.54) is 23.1 Å². The minimum absolute atomic E-state index is 0.0270. The van der Waals surface area contributed by atoms with Crippen LogP contribution >= 0.6 is 11.6 Å². The largest absolute Gasteiger partial charge is 0.477 e. The summed E-state index contributed by atoms with van der Waals surface area (Å²) in [6.07, 6.45) is 4.11. The third kappa shape index (κ3) is 3.77. The summed E-state index contributed by atoms with van der Waals surface area (Å²) < 4.78 is 5.32. The fourth-order valence-electron chi connectivity index (χ4n) is 2.89. The third-order valence-corrected chi connectivity index (χ3v) is 4.61. The molecule has 1 aromatic rings. The van der Waals surface area contributed by atoms with Gasteiger partial charge in [0, 0.05) is 18.1 Å². The minimum atomic E-state index is -0.815. The Morgan fingerprint density at radius 3 is 2.71 bits per heavy atom. The van der Waals surface area contributed by atoms with Crippen molar-refractivity contribution in [3.05, 3.63) is 33.3 Å². The highest BCUT2D eigenvalue weighted by Gasteiger charge is 2.39. The first-order valence-corrected chi connectivity index (χ1v) is 8.02. The topological polar surface area (TPSA) is 96.5 Å². The molecule has 0 bridgehead atoms. The molecule has 128 valence electrons. The average molecular weight is 352 g/mol. The molecule has 8 heteroatoms. The van der Waals surface area contributed by atoms with Crippen LogP contribution in [0.4, 0.5) is 5.69 Å². The van der Waals surface area contributed by atoms with Crippen LogP contribution in [0, 0.1) is 21.4 Å². The zero-order chi connectivity index (χ0) is 17.7. The van der Waals surface area contributed by atoms with Crippen molar-refractivity contribution in [1.82, 2.24) is 4.90 Å². The molecule has 7 nitrogen and oxygen atoms in total. The molecule has 1 aromatic carbocycles. The summed E-state index contributed by atoms with van der Waals surface area (Å²) in [5.41, 5.74) is -1.12. The van der Waals surface area contributed by atoms with E-state index in [2.05, 4.69) is 6.07 Å². The molecule has 2 rings (SSSR count). The fourth-order valence-corrected chi connectivity index (χ4v) is 3.06. The van der Waals surface area contributed by atoms with E-state index in [0.717, 1.165) is 19.3 Å². The molecule has 1 aliphatic carbocycles. The van der Waals surface area contributed by atoms with Crippen molar-refractivity contribution < 1.29 is 14.5 Å². The van der Waals surface area contributed by atoms with Crippen molar-refractivity contribution in [2.45, 2.75) is 37.6 Å². The Bertz CT molecular complexity index is 680. The van der Waals surface area contributed by atoms with Crippen LogP contribution in [0.3, 0.4) is 0 Å². The summed E-state index contributed by atoms with van der Waals surface area (Å²) in [6.45, 7) is -0.373. The van der Waals surface area contributed by atoms with Crippen molar-refractivity contribution in [3.63, 3.8) is 0 Å². The lowest BCUT2D eigenvalue weighted by Crippen LogP contribution is -2.51. The summed E-state index contributed by atoms with van der Waals surface area (Å²) in [5.74, 6) is -0.413. The van der Waals surface area contributed by atoms with Crippen molar-refractivity contribution >= 4 is 23.2 Å². The van der Waals surface area contributed by atoms with E-state index in [1.807, 2.05) is 0 Å². The smallest absolute Gasteiger partial charge is 0.312 e. The highest BCUT2D eigenvalue weighted by atomic mass is 35.5. The molecule has 1 saturated carbocycles. The molecule has 0 unspecified atom stereocenters. The summed E-state index contributed by atoms with van der Waals surface area (Å²) in [7, 11) is 1.58.